The van der Waals surface area contributed by atoms with Crippen molar-refractivity contribution in [3.8, 4) is 0 Å². The average molecular weight is 238 g/mol. The smallest absolute Gasteiger partial charge is 0.107 e. The van der Waals surface area contributed by atoms with Crippen molar-refractivity contribution >= 4 is 11.3 Å². The van der Waals surface area contributed by atoms with Crippen molar-refractivity contribution in [1.82, 2.24) is 10.3 Å². The Morgan fingerprint density at radius 3 is 2.81 bits per heavy atom. The summed E-state index contributed by atoms with van der Waals surface area (Å²) >= 11 is 1.91. The van der Waals surface area contributed by atoms with E-state index in [9.17, 15) is 0 Å². The minimum Gasteiger partial charge on any atom is -0.310 e. The van der Waals surface area contributed by atoms with Gasteiger partial charge in [0.2, 0.25) is 0 Å². The first-order valence-corrected chi connectivity index (χ1v) is 7.16. The average Bonchev–Trinajstić information content (AvgIpc) is 2.77. The third-order valence-corrected chi connectivity index (χ3v) is 4.68. The van der Waals surface area contributed by atoms with Gasteiger partial charge in [-0.05, 0) is 37.6 Å². The van der Waals surface area contributed by atoms with E-state index in [0.29, 0.717) is 0 Å². The molecule has 1 aromatic heterocycles. The van der Waals surface area contributed by atoms with Crippen molar-refractivity contribution < 1.29 is 0 Å². The first-order chi connectivity index (χ1) is 7.66. The molecule has 0 spiro atoms. The van der Waals surface area contributed by atoms with Gasteiger partial charge in [0.1, 0.15) is 5.01 Å². The number of aryl methyl sites for hydroxylation is 2. The molecular weight excluding hydrogens is 216 g/mol. The summed E-state index contributed by atoms with van der Waals surface area (Å²) in [6.45, 7) is 8.92. The topological polar surface area (TPSA) is 24.9 Å². The first-order valence-electron chi connectivity index (χ1n) is 6.35. The van der Waals surface area contributed by atoms with Crippen molar-refractivity contribution in [2.24, 2.45) is 11.8 Å². The van der Waals surface area contributed by atoms with Crippen molar-refractivity contribution in [2.45, 2.75) is 46.6 Å². The number of nitrogens with one attached hydrogen (secondary N) is 1. The quantitative estimate of drug-likeness (QED) is 0.853. The van der Waals surface area contributed by atoms with E-state index in [4.69, 9.17) is 0 Å². The molecule has 1 unspecified atom stereocenters. The highest BCUT2D eigenvalue weighted by molar-refractivity contribution is 7.11. The van der Waals surface area contributed by atoms with Gasteiger partial charge in [-0.1, -0.05) is 20.8 Å². The summed E-state index contributed by atoms with van der Waals surface area (Å²) in [5.74, 6) is 1.50. The monoisotopic (exact) mass is 238 g/mol. The highest BCUT2D eigenvalue weighted by atomic mass is 32.1. The minimum atomic E-state index is 0.742. The lowest BCUT2D eigenvalue weighted by Gasteiger charge is -2.15. The third-order valence-electron chi connectivity index (χ3n) is 3.52. The van der Waals surface area contributed by atoms with Crippen LogP contribution >= 0.6 is 11.3 Å². The minimum absolute atomic E-state index is 0.742. The predicted molar refractivity (Wildman–Crippen MR) is 69.8 cm³/mol. The first kappa shape index (κ1) is 12.1. The van der Waals surface area contributed by atoms with E-state index in [1.807, 2.05) is 11.3 Å². The summed E-state index contributed by atoms with van der Waals surface area (Å²) in [6, 6.07) is 0. The Hall–Kier alpha value is -0.410. The molecule has 0 amide bonds. The zero-order chi connectivity index (χ0) is 11.5. The molecule has 0 saturated heterocycles. The van der Waals surface area contributed by atoms with Gasteiger partial charge in [0.25, 0.3) is 0 Å². The molecule has 0 bridgehead atoms. The lowest BCUT2D eigenvalue weighted by molar-refractivity contribution is 0.392. The van der Waals surface area contributed by atoms with Crippen LogP contribution in [0.5, 0.6) is 0 Å². The Labute approximate surface area is 102 Å². The number of fused-ring (bicyclic) bond motifs is 1. The molecule has 0 aliphatic heterocycles. The normalized spacial score (nSPS) is 16.8. The molecule has 1 heterocycles. The SMILES string of the molecule is CC(C)C(C)CNCc1nc2c(s1)CCC2. The van der Waals surface area contributed by atoms with Gasteiger partial charge < -0.3 is 5.32 Å². The second-order valence-electron chi connectivity index (χ2n) is 5.18. The van der Waals surface area contributed by atoms with Gasteiger partial charge in [-0.25, -0.2) is 4.98 Å². The van der Waals surface area contributed by atoms with E-state index in [1.54, 1.807) is 0 Å². The lowest BCUT2D eigenvalue weighted by atomic mass is 9.98. The standard InChI is InChI=1S/C13H22N2S/c1-9(2)10(3)7-14-8-13-15-11-5-4-6-12(11)16-13/h9-10,14H,4-8H2,1-3H3. The van der Waals surface area contributed by atoms with Crippen LogP contribution in [0.2, 0.25) is 0 Å². The molecule has 2 nitrogen and oxygen atoms in total. The fourth-order valence-electron chi connectivity index (χ4n) is 1.96. The summed E-state index contributed by atoms with van der Waals surface area (Å²) in [5, 5.41) is 4.80. The van der Waals surface area contributed by atoms with E-state index in [0.717, 1.165) is 24.9 Å². The van der Waals surface area contributed by atoms with Gasteiger partial charge in [0.15, 0.2) is 0 Å². The highest BCUT2D eigenvalue weighted by Crippen LogP contribution is 2.27. The summed E-state index contributed by atoms with van der Waals surface area (Å²) < 4.78 is 0. The Morgan fingerprint density at radius 1 is 1.31 bits per heavy atom. The largest absolute Gasteiger partial charge is 0.310 e. The number of thiazole rings is 1. The third kappa shape index (κ3) is 2.83. The van der Waals surface area contributed by atoms with Gasteiger partial charge in [0.05, 0.1) is 5.69 Å². The summed E-state index contributed by atoms with van der Waals surface area (Å²) in [5.41, 5.74) is 1.37. The molecule has 0 fully saturated rings. The fourth-order valence-corrected chi connectivity index (χ4v) is 3.09. The van der Waals surface area contributed by atoms with Gasteiger partial charge in [-0.2, -0.15) is 0 Å². The van der Waals surface area contributed by atoms with Crippen LogP contribution < -0.4 is 5.32 Å². The van der Waals surface area contributed by atoms with Crippen LogP contribution in [0.4, 0.5) is 0 Å². The van der Waals surface area contributed by atoms with Crippen LogP contribution in [0.1, 0.15) is 42.8 Å². The van der Waals surface area contributed by atoms with E-state index in [1.165, 1.54) is 34.8 Å². The van der Waals surface area contributed by atoms with Gasteiger partial charge in [-0.15, -0.1) is 11.3 Å². The molecule has 1 aliphatic rings. The molecule has 1 atom stereocenters. The van der Waals surface area contributed by atoms with Gasteiger partial charge >= 0.3 is 0 Å². The molecule has 0 aromatic carbocycles. The summed E-state index contributed by atoms with van der Waals surface area (Å²) in [7, 11) is 0. The number of nitrogens with zero attached hydrogens (tertiary/aromatic N) is 1. The van der Waals surface area contributed by atoms with Crippen LogP contribution in [0.15, 0.2) is 0 Å². The maximum Gasteiger partial charge on any atom is 0.107 e. The molecule has 90 valence electrons. The number of aromatic nitrogens is 1. The van der Waals surface area contributed by atoms with Crippen LogP contribution in [0, 0.1) is 11.8 Å². The molecular formula is C13H22N2S. The zero-order valence-corrected chi connectivity index (χ0v) is 11.4. The Kier molecular flexibility index (Phi) is 3.98. The van der Waals surface area contributed by atoms with Crippen molar-refractivity contribution in [3.05, 3.63) is 15.6 Å². The maximum atomic E-state index is 4.69. The highest BCUT2D eigenvalue weighted by Gasteiger charge is 2.16. The summed E-state index contributed by atoms with van der Waals surface area (Å²) in [4.78, 5) is 6.22. The molecule has 1 aliphatic carbocycles. The second-order valence-corrected chi connectivity index (χ2v) is 6.35. The van der Waals surface area contributed by atoms with E-state index < -0.39 is 0 Å². The molecule has 3 heteroatoms. The van der Waals surface area contributed by atoms with Gasteiger partial charge in [0, 0.05) is 11.4 Å². The second kappa shape index (κ2) is 5.28. The zero-order valence-electron chi connectivity index (χ0n) is 10.5. The molecule has 2 rings (SSSR count). The number of hydrogen-bond acceptors (Lipinski definition) is 3. The Bertz CT molecular complexity index is 322. The van der Waals surface area contributed by atoms with Crippen molar-refractivity contribution in [3.63, 3.8) is 0 Å². The van der Waals surface area contributed by atoms with Crippen LogP contribution in [0.25, 0.3) is 0 Å². The lowest BCUT2D eigenvalue weighted by Crippen LogP contribution is -2.23. The molecule has 1 aromatic rings. The summed E-state index contributed by atoms with van der Waals surface area (Å²) in [6.07, 6.45) is 3.77. The fraction of sp³-hybridized carbons (Fsp3) is 0.769. The van der Waals surface area contributed by atoms with Crippen LogP contribution in [-0.4, -0.2) is 11.5 Å². The van der Waals surface area contributed by atoms with Crippen molar-refractivity contribution in [1.29, 1.82) is 0 Å². The number of rotatable bonds is 5. The van der Waals surface area contributed by atoms with Gasteiger partial charge in [-0.3, -0.25) is 0 Å². The van der Waals surface area contributed by atoms with Crippen LogP contribution in [-0.2, 0) is 19.4 Å². The molecule has 1 N–H and O–H groups in total. The molecule has 16 heavy (non-hydrogen) atoms. The Morgan fingerprint density at radius 2 is 2.12 bits per heavy atom. The maximum absolute atomic E-state index is 4.69. The predicted octanol–water partition coefficient (Wildman–Crippen LogP) is 3.01. The van der Waals surface area contributed by atoms with E-state index >= 15 is 0 Å². The Balaban J connectivity index is 1.77. The number of hydrogen-bond donors (Lipinski definition) is 1. The van der Waals surface area contributed by atoms with Crippen LogP contribution in [0.3, 0.4) is 0 Å². The molecule has 0 saturated carbocycles. The van der Waals surface area contributed by atoms with Crippen molar-refractivity contribution in [2.75, 3.05) is 6.54 Å². The van der Waals surface area contributed by atoms with E-state index in [-0.39, 0.29) is 0 Å². The molecule has 0 radical (unpaired) electrons. The van der Waals surface area contributed by atoms with E-state index in [2.05, 4.69) is 31.1 Å².